The maximum absolute atomic E-state index is 12.2. The number of carbonyl (C=O) groups is 1. The van der Waals surface area contributed by atoms with Gasteiger partial charge in [0.1, 0.15) is 0 Å². The summed E-state index contributed by atoms with van der Waals surface area (Å²) in [6.07, 6.45) is 0. The van der Waals surface area contributed by atoms with E-state index in [1.807, 2.05) is 55.5 Å². The molecule has 0 heterocycles. The average molecular weight is 369 g/mol. The van der Waals surface area contributed by atoms with Gasteiger partial charge in [0.05, 0.1) is 6.04 Å². The van der Waals surface area contributed by atoms with E-state index < -0.39 is 0 Å². The Bertz CT molecular complexity index is 825. The van der Waals surface area contributed by atoms with Gasteiger partial charge in [0, 0.05) is 10.2 Å². The molecule has 1 unspecified atom stereocenters. The fourth-order valence-corrected chi connectivity index (χ4v) is 2.87. The maximum atomic E-state index is 12.2. The van der Waals surface area contributed by atoms with Crippen LogP contribution >= 0.6 is 15.9 Å². The monoisotopic (exact) mass is 368 g/mol. The third-order valence-electron chi connectivity index (χ3n) is 3.74. The quantitative estimate of drug-likeness (QED) is 0.630. The smallest absolute Gasteiger partial charge is 0.319 e. The van der Waals surface area contributed by atoms with Crippen molar-refractivity contribution in [3.63, 3.8) is 0 Å². The molecule has 0 aliphatic rings. The van der Waals surface area contributed by atoms with Crippen molar-refractivity contribution in [1.82, 2.24) is 5.32 Å². The molecule has 116 valence electrons. The van der Waals surface area contributed by atoms with E-state index in [0.29, 0.717) is 0 Å². The Kier molecular flexibility index (Phi) is 4.63. The van der Waals surface area contributed by atoms with E-state index in [-0.39, 0.29) is 12.1 Å². The molecule has 2 N–H and O–H groups in total. The lowest BCUT2D eigenvalue weighted by atomic mass is 10.00. The maximum Gasteiger partial charge on any atom is 0.319 e. The summed E-state index contributed by atoms with van der Waals surface area (Å²) in [4.78, 5) is 12.2. The van der Waals surface area contributed by atoms with E-state index >= 15 is 0 Å². The number of hydrogen-bond donors (Lipinski definition) is 2. The second-order valence-electron chi connectivity index (χ2n) is 5.40. The van der Waals surface area contributed by atoms with Crippen molar-refractivity contribution in [2.45, 2.75) is 13.0 Å². The molecule has 3 aromatic carbocycles. The first-order chi connectivity index (χ1) is 11.1. The van der Waals surface area contributed by atoms with Crippen molar-refractivity contribution < 1.29 is 4.79 Å². The molecule has 0 spiro atoms. The number of nitrogens with one attached hydrogen (secondary N) is 2. The highest BCUT2D eigenvalue weighted by Crippen LogP contribution is 2.24. The van der Waals surface area contributed by atoms with Crippen LogP contribution in [0.15, 0.2) is 71.2 Å². The third-order valence-corrected chi connectivity index (χ3v) is 4.27. The minimum absolute atomic E-state index is 0.0865. The minimum Gasteiger partial charge on any atom is -0.331 e. The molecular weight excluding hydrogens is 352 g/mol. The number of fused-ring (bicyclic) bond motifs is 1. The summed E-state index contributed by atoms with van der Waals surface area (Å²) < 4.78 is 0.979. The number of hydrogen-bond acceptors (Lipinski definition) is 1. The van der Waals surface area contributed by atoms with Gasteiger partial charge in [0.2, 0.25) is 0 Å². The fourth-order valence-electron chi connectivity index (χ4n) is 2.60. The molecule has 2 amide bonds. The first-order valence-electron chi connectivity index (χ1n) is 7.44. The summed E-state index contributed by atoms with van der Waals surface area (Å²) in [5.74, 6) is 0. The minimum atomic E-state index is -0.215. The molecule has 0 aromatic heterocycles. The number of carbonyl (C=O) groups excluding carboxylic acids is 1. The molecule has 0 fully saturated rings. The Balaban J connectivity index is 1.74. The van der Waals surface area contributed by atoms with Crippen LogP contribution in [-0.2, 0) is 0 Å². The van der Waals surface area contributed by atoms with Crippen molar-refractivity contribution in [2.75, 3.05) is 5.32 Å². The van der Waals surface area contributed by atoms with Gasteiger partial charge in [-0.05, 0) is 47.5 Å². The summed E-state index contributed by atoms with van der Waals surface area (Å²) in [7, 11) is 0. The summed E-state index contributed by atoms with van der Waals surface area (Å²) in [6, 6.07) is 21.5. The molecule has 0 aliphatic carbocycles. The van der Waals surface area contributed by atoms with Gasteiger partial charge < -0.3 is 10.6 Å². The fraction of sp³-hybridized carbons (Fsp3) is 0.105. The predicted octanol–water partition coefficient (Wildman–Crippen LogP) is 5.49. The molecule has 4 heteroatoms. The van der Waals surface area contributed by atoms with E-state index in [1.165, 1.54) is 5.39 Å². The zero-order valence-corrected chi connectivity index (χ0v) is 14.3. The van der Waals surface area contributed by atoms with Gasteiger partial charge in [-0.15, -0.1) is 0 Å². The van der Waals surface area contributed by atoms with E-state index in [4.69, 9.17) is 0 Å². The molecule has 0 bridgehead atoms. The van der Waals surface area contributed by atoms with Crippen LogP contribution in [0.1, 0.15) is 18.5 Å². The number of benzene rings is 3. The zero-order chi connectivity index (χ0) is 16.2. The Morgan fingerprint density at radius 1 is 0.957 bits per heavy atom. The van der Waals surface area contributed by atoms with Crippen LogP contribution in [0.5, 0.6) is 0 Å². The van der Waals surface area contributed by atoms with Crippen LogP contribution in [0.4, 0.5) is 10.5 Å². The van der Waals surface area contributed by atoms with Crippen LogP contribution in [0.2, 0.25) is 0 Å². The van der Waals surface area contributed by atoms with Gasteiger partial charge in [0.25, 0.3) is 0 Å². The molecule has 0 saturated heterocycles. The number of halogens is 1. The van der Waals surface area contributed by atoms with Gasteiger partial charge in [-0.25, -0.2) is 4.79 Å². The normalized spacial score (nSPS) is 11.9. The van der Waals surface area contributed by atoms with Crippen LogP contribution in [0, 0.1) is 0 Å². The van der Waals surface area contributed by atoms with E-state index in [2.05, 4.69) is 44.8 Å². The third kappa shape index (κ3) is 3.71. The summed E-state index contributed by atoms with van der Waals surface area (Å²) in [6.45, 7) is 1.99. The molecule has 23 heavy (non-hydrogen) atoms. The Morgan fingerprint density at radius 2 is 1.65 bits per heavy atom. The molecule has 0 aliphatic heterocycles. The van der Waals surface area contributed by atoms with Crippen molar-refractivity contribution in [2.24, 2.45) is 0 Å². The molecule has 3 nitrogen and oxygen atoms in total. The van der Waals surface area contributed by atoms with Gasteiger partial charge in [-0.2, -0.15) is 0 Å². The van der Waals surface area contributed by atoms with Crippen LogP contribution in [0.3, 0.4) is 0 Å². The van der Waals surface area contributed by atoms with Crippen LogP contribution < -0.4 is 10.6 Å². The van der Waals surface area contributed by atoms with Crippen LogP contribution in [0.25, 0.3) is 10.8 Å². The Morgan fingerprint density at radius 3 is 2.43 bits per heavy atom. The number of amides is 2. The lowest BCUT2D eigenvalue weighted by Crippen LogP contribution is -2.31. The molecular formula is C19H17BrN2O. The Hall–Kier alpha value is -2.33. The summed E-state index contributed by atoms with van der Waals surface area (Å²) in [5.41, 5.74) is 1.87. The van der Waals surface area contributed by atoms with Crippen molar-refractivity contribution in [1.29, 1.82) is 0 Å². The lowest BCUT2D eigenvalue weighted by Gasteiger charge is -2.17. The second-order valence-corrected chi connectivity index (χ2v) is 6.31. The second kappa shape index (κ2) is 6.84. The summed E-state index contributed by atoms with van der Waals surface area (Å²) >= 11 is 3.38. The predicted molar refractivity (Wildman–Crippen MR) is 98.7 cm³/mol. The first-order valence-corrected chi connectivity index (χ1v) is 8.23. The molecule has 3 rings (SSSR count). The summed E-state index contributed by atoms with van der Waals surface area (Å²) in [5, 5.41) is 8.17. The van der Waals surface area contributed by atoms with E-state index in [1.54, 1.807) is 0 Å². The van der Waals surface area contributed by atoms with E-state index in [9.17, 15) is 4.79 Å². The SMILES string of the molecule is CC(NC(=O)Nc1ccc(Br)cc1)c1cccc2ccccc12. The largest absolute Gasteiger partial charge is 0.331 e. The lowest BCUT2D eigenvalue weighted by molar-refractivity contribution is 0.249. The average Bonchev–Trinajstić information content (AvgIpc) is 2.56. The van der Waals surface area contributed by atoms with Gasteiger partial charge >= 0.3 is 6.03 Å². The highest BCUT2D eigenvalue weighted by atomic mass is 79.9. The molecule has 0 radical (unpaired) electrons. The standard InChI is InChI=1S/C19H17BrN2O/c1-13(17-8-4-6-14-5-2-3-7-18(14)17)21-19(23)22-16-11-9-15(20)10-12-16/h2-13H,1H3,(H2,21,22,23). The Labute approximate surface area is 143 Å². The first kappa shape index (κ1) is 15.6. The van der Waals surface area contributed by atoms with Gasteiger partial charge in [0.15, 0.2) is 0 Å². The topological polar surface area (TPSA) is 41.1 Å². The number of urea groups is 1. The zero-order valence-electron chi connectivity index (χ0n) is 12.7. The van der Waals surface area contributed by atoms with Crippen molar-refractivity contribution >= 4 is 38.4 Å². The molecule has 1 atom stereocenters. The van der Waals surface area contributed by atoms with Crippen molar-refractivity contribution in [3.05, 3.63) is 76.8 Å². The molecule has 0 saturated carbocycles. The van der Waals surface area contributed by atoms with E-state index in [0.717, 1.165) is 21.1 Å². The highest BCUT2D eigenvalue weighted by Gasteiger charge is 2.12. The number of rotatable bonds is 3. The van der Waals surface area contributed by atoms with Gasteiger partial charge in [-0.1, -0.05) is 58.4 Å². The highest BCUT2D eigenvalue weighted by molar-refractivity contribution is 9.10. The molecule has 3 aromatic rings. The van der Waals surface area contributed by atoms with Crippen LogP contribution in [-0.4, -0.2) is 6.03 Å². The number of anilines is 1. The van der Waals surface area contributed by atoms with Crippen molar-refractivity contribution in [3.8, 4) is 0 Å². The van der Waals surface area contributed by atoms with Gasteiger partial charge in [-0.3, -0.25) is 0 Å².